The summed E-state index contributed by atoms with van der Waals surface area (Å²) in [6, 6.07) is 11.5. The van der Waals surface area contributed by atoms with Crippen molar-refractivity contribution in [1.29, 1.82) is 0 Å². The van der Waals surface area contributed by atoms with E-state index < -0.39 is 0 Å². The molecule has 2 aliphatic heterocycles. The molecule has 0 amide bonds. The minimum absolute atomic E-state index is 0.315. The molecule has 3 heterocycles. The third-order valence-corrected chi connectivity index (χ3v) is 5.33. The normalized spacial score (nSPS) is 24.6. The summed E-state index contributed by atoms with van der Waals surface area (Å²) in [6.45, 7) is 12.1. The molecule has 4 rings (SSSR count). The Morgan fingerprint density at radius 1 is 1.00 bits per heavy atom. The summed E-state index contributed by atoms with van der Waals surface area (Å²) >= 11 is 0. The van der Waals surface area contributed by atoms with Crippen LogP contribution in [-0.4, -0.2) is 48.2 Å². The van der Waals surface area contributed by atoms with E-state index in [0.717, 1.165) is 50.9 Å². The first kappa shape index (κ1) is 16.8. The van der Waals surface area contributed by atoms with Crippen molar-refractivity contribution < 1.29 is 9.15 Å². The number of fused-ring (bicyclic) bond motifs is 1. The monoisotopic (exact) mass is 340 g/mol. The largest absolute Gasteiger partial charge is 0.465 e. The van der Waals surface area contributed by atoms with Gasteiger partial charge in [-0.15, -0.1) is 0 Å². The number of likely N-dealkylation sites (tertiary alicyclic amines) is 1. The zero-order valence-electron chi connectivity index (χ0n) is 15.5. The van der Waals surface area contributed by atoms with E-state index in [4.69, 9.17) is 9.15 Å². The maximum absolute atomic E-state index is 6.08. The second-order valence-electron chi connectivity index (χ2n) is 7.65. The Balaban J connectivity index is 1.43. The molecule has 2 atom stereocenters. The van der Waals surface area contributed by atoms with Gasteiger partial charge < -0.3 is 9.15 Å². The summed E-state index contributed by atoms with van der Waals surface area (Å²) in [5.74, 6) is 2.05. The van der Waals surface area contributed by atoms with Crippen LogP contribution in [0.15, 0.2) is 34.7 Å². The molecule has 0 radical (unpaired) electrons. The number of hydrogen-bond donors (Lipinski definition) is 0. The zero-order chi connectivity index (χ0) is 17.4. The molecular formula is C21H28N2O2. The average Bonchev–Trinajstić information content (AvgIpc) is 3.12. The third-order valence-electron chi connectivity index (χ3n) is 5.33. The lowest BCUT2D eigenvalue weighted by Gasteiger charge is -2.36. The van der Waals surface area contributed by atoms with Crippen molar-refractivity contribution in [2.24, 2.45) is 0 Å². The minimum Gasteiger partial charge on any atom is -0.465 e. The number of rotatable bonds is 4. The Labute approximate surface area is 150 Å². The summed E-state index contributed by atoms with van der Waals surface area (Å²) in [7, 11) is 0. The van der Waals surface area contributed by atoms with Gasteiger partial charge in [0.2, 0.25) is 0 Å². The molecule has 2 fully saturated rings. The van der Waals surface area contributed by atoms with Crippen LogP contribution in [0.3, 0.4) is 0 Å². The van der Waals surface area contributed by atoms with E-state index in [0.29, 0.717) is 12.1 Å². The van der Waals surface area contributed by atoms with Crippen LogP contribution in [0.2, 0.25) is 0 Å². The SMILES string of the molecule is Cc1cc(C)cc(CN2C[C@@H]3OCCN(Cc4ccc(C)o4)[C@@H]3C2)c1. The van der Waals surface area contributed by atoms with E-state index in [-0.39, 0.29) is 0 Å². The van der Waals surface area contributed by atoms with Crippen molar-refractivity contribution in [3.8, 4) is 0 Å². The zero-order valence-corrected chi connectivity index (χ0v) is 15.5. The molecule has 4 heteroatoms. The summed E-state index contributed by atoms with van der Waals surface area (Å²) in [5, 5.41) is 0. The molecule has 4 nitrogen and oxygen atoms in total. The highest BCUT2D eigenvalue weighted by molar-refractivity contribution is 5.28. The Morgan fingerprint density at radius 3 is 2.52 bits per heavy atom. The first-order chi connectivity index (χ1) is 12.1. The Kier molecular flexibility index (Phi) is 4.67. The van der Waals surface area contributed by atoms with E-state index in [1.807, 2.05) is 13.0 Å². The number of ether oxygens (including phenoxy) is 1. The number of furan rings is 1. The van der Waals surface area contributed by atoms with Crippen molar-refractivity contribution in [3.63, 3.8) is 0 Å². The van der Waals surface area contributed by atoms with Crippen LogP contribution < -0.4 is 0 Å². The fourth-order valence-corrected chi connectivity index (χ4v) is 4.35. The molecule has 0 N–H and O–H groups in total. The maximum Gasteiger partial charge on any atom is 0.118 e. The van der Waals surface area contributed by atoms with Gasteiger partial charge in [0, 0.05) is 26.2 Å². The van der Waals surface area contributed by atoms with Crippen molar-refractivity contribution in [1.82, 2.24) is 9.80 Å². The molecule has 2 aliphatic rings. The van der Waals surface area contributed by atoms with E-state index in [9.17, 15) is 0 Å². The topological polar surface area (TPSA) is 28.9 Å². The van der Waals surface area contributed by atoms with Crippen LogP contribution in [0.1, 0.15) is 28.2 Å². The van der Waals surface area contributed by atoms with Crippen LogP contribution in [0.25, 0.3) is 0 Å². The van der Waals surface area contributed by atoms with Gasteiger partial charge in [0.15, 0.2) is 0 Å². The molecule has 134 valence electrons. The first-order valence-electron chi connectivity index (χ1n) is 9.27. The summed E-state index contributed by atoms with van der Waals surface area (Å²) in [6.07, 6.45) is 0.315. The maximum atomic E-state index is 6.08. The van der Waals surface area contributed by atoms with E-state index in [1.165, 1.54) is 16.7 Å². The van der Waals surface area contributed by atoms with Gasteiger partial charge in [0.1, 0.15) is 11.5 Å². The van der Waals surface area contributed by atoms with Crippen LogP contribution in [-0.2, 0) is 17.8 Å². The molecule has 0 aliphatic carbocycles. The van der Waals surface area contributed by atoms with E-state index >= 15 is 0 Å². The minimum atomic E-state index is 0.315. The van der Waals surface area contributed by atoms with Crippen LogP contribution in [0.5, 0.6) is 0 Å². The highest BCUT2D eigenvalue weighted by Gasteiger charge is 2.40. The van der Waals surface area contributed by atoms with Gasteiger partial charge in [0.05, 0.1) is 25.3 Å². The fourth-order valence-electron chi connectivity index (χ4n) is 4.35. The standard InChI is InChI=1S/C21H28N2O2/c1-15-8-16(2)10-18(9-15)11-22-13-20-21(14-22)24-7-6-23(20)12-19-5-4-17(3)25-19/h4-5,8-10,20-21H,6-7,11-14H2,1-3H3/t20-,21+/m1/s1. The Bertz CT molecular complexity index is 719. The predicted octanol–water partition coefficient (Wildman–Crippen LogP) is 3.29. The number of benzene rings is 1. The first-order valence-corrected chi connectivity index (χ1v) is 9.27. The Hall–Kier alpha value is -1.62. The molecule has 0 bridgehead atoms. The van der Waals surface area contributed by atoms with Gasteiger partial charge in [-0.3, -0.25) is 9.80 Å². The quantitative estimate of drug-likeness (QED) is 0.854. The smallest absolute Gasteiger partial charge is 0.118 e. The second kappa shape index (κ2) is 6.94. The summed E-state index contributed by atoms with van der Waals surface area (Å²) in [4.78, 5) is 5.07. The predicted molar refractivity (Wildman–Crippen MR) is 98.6 cm³/mol. The highest BCUT2D eigenvalue weighted by Crippen LogP contribution is 2.26. The molecule has 2 aromatic rings. The average molecular weight is 340 g/mol. The molecule has 0 unspecified atom stereocenters. The molecular weight excluding hydrogens is 312 g/mol. The number of morpholine rings is 1. The fraction of sp³-hybridized carbons (Fsp3) is 0.524. The molecule has 0 saturated carbocycles. The van der Waals surface area contributed by atoms with E-state index in [1.54, 1.807) is 0 Å². The van der Waals surface area contributed by atoms with Crippen molar-refractivity contribution >= 4 is 0 Å². The van der Waals surface area contributed by atoms with Gasteiger partial charge in [-0.05, 0) is 38.5 Å². The summed E-state index contributed by atoms with van der Waals surface area (Å²) in [5.41, 5.74) is 4.10. The molecule has 25 heavy (non-hydrogen) atoms. The second-order valence-corrected chi connectivity index (χ2v) is 7.65. The molecule has 0 spiro atoms. The highest BCUT2D eigenvalue weighted by atomic mass is 16.5. The number of hydrogen-bond acceptors (Lipinski definition) is 4. The number of aryl methyl sites for hydroxylation is 3. The van der Waals surface area contributed by atoms with Gasteiger partial charge in [-0.25, -0.2) is 0 Å². The van der Waals surface area contributed by atoms with Crippen molar-refractivity contribution in [3.05, 3.63) is 58.5 Å². The van der Waals surface area contributed by atoms with Crippen LogP contribution >= 0.6 is 0 Å². The molecule has 2 saturated heterocycles. The van der Waals surface area contributed by atoms with Gasteiger partial charge in [-0.1, -0.05) is 29.3 Å². The lowest BCUT2D eigenvalue weighted by atomic mass is 10.1. The van der Waals surface area contributed by atoms with Gasteiger partial charge >= 0.3 is 0 Å². The van der Waals surface area contributed by atoms with Crippen molar-refractivity contribution in [2.45, 2.75) is 46.0 Å². The Morgan fingerprint density at radius 2 is 1.80 bits per heavy atom. The third kappa shape index (κ3) is 3.81. The molecule has 1 aromatic heterocycles. The lowest BCUT2D eigenvalue weighted by Crippen LogP contribution is -2.50. The lowest BCUT2D eigenvalue weighted by molar-refractivity contribution is -0.0523. The van der Waals surface area contributed by atoms with Crippen molar-refractivity contribution in [2.75, 3.05) is 26.2 Å². The summed E-state index contributed by atoms with van der Waals surface area (Å²) < 4.78 is 11.9. The van der Waals surface area contributed by atoms with Crippen LogP contribution in [0, 0.1) is 20.8 Å². The molecule has 1 aromatic carbocycles. The van der Waals surface area contributed by atoms with Gasteiger partial charge in [0.25, 0.3) is 0 Å². The van der Waals surface area contributed by atoms with E-state index in [2.05, 4.69) is 47.9 Å². The van der Waals surface area contributed by atoms with Gasteiger partial charge in [-0.2, -0.15) is 0 Å². The number of nitrogens with zero attached hydrogens (tertiary/aromatic N) is 2. The van der Waals surface area contributed by atoms with Crippen LogP contribution in [0.4, 0.5) is 0 Å².